The van der Waals surface area contributed by atoms with E-state index in [4.69, 9.17) is 9.47 Å². The summed E-state index contributed by atoms with van der Waals surface area (Å²) in [6, 6.07) is 10.5. The molecule has 32 heavy (non-hydrogen) atoms. The van der Waals surface area contributed by atoms with Crippen molar-refractivity contribution in [2.75, 3.05) is 26.5 Å². The molecule has 2 rings (SSSR count). The Bertz CT molecular complexity index is 1110. The number of nitrogens with zero attached hydrogens (tertiary/aromatic N) is 1. The fraction of sp³-hybridized carbons (Fsp3) is 0.263. The van der Waals surface area contributed by atoms with E-state index in [0.29, 0.717) is 10.6 Å². The topological polar surface area (TPSA) is 154 Å². The van der Waals surface area contributed by atoms with Gasteiger partial charge >= 0.3 is 5.97 Å². The van der Waals surface area contributed by atoms with Crippen molar-refractivity contribution in [3.63, 3.8) is 0 Å². The summed E-state index contributed by atoms with van der Waals surface area (Å²) in [6.45, 7) is -1.21. The lowest BCUT2D eigenvalue weighted by atomic mass is 10.2. The fourth-order valence-electron chi connectivity index (χ4n) is 2.51. The average Bonchev–Trinajstić information content (AvgIpc) is 2.79. The van der Waals surface area contributed by atoms with Crippen LogP contribution in [-0.4, -0.2) is 51.7 Å². The van der Waals surface area contributed by atoms with Crippen molar-refractivity contribution in [3.8, 4) is 5.75 Å². The van der Waals surface area contributed by atoms with Gasteiger partial charge in [-0.2, -0.15) is 4.72 Å². The normalized spacial score (nSPS) is 10.9. The van der Waals surface area contributed by atoms with E-state index in [-0.39, 0.29) is 17.1 Å². The first-order chi connectivity index (χ1) is 15.2. The average molecular weight is 484 g/mol. The van der Waals surface area contributed by atoms with Gasteiger partial charge < -0.3 is 14.8 Å². The second-order valence-electron chi connectivity index (χ2n) is 6.16. The van der Waals surface area contributed by atoms with Gasteiger partial charge in [0.25, 0.3) is 11.6 Å². The molecule has 1 amide bonds. The van der Waals surface area contributed by atoms with E-state index >= 15 is 0 Å². The summed E-state index contributed by atoms with van der Waals surface area (Å²) < 4.78 is 36.6. The van der Waals surface area contributed by atoms with Crippen LogP contribution in [0.2, 0.25) is 0 Å². The number of thioether (sulfide) groups is 1. The Morgan fingerprint density at radius 3 is 2.56 bits per heavy atom. The lowest BCUT2D eigenvalue weighted by Crippen LogP contribution is -2.33. The number of hydrogen-bond donors (Lipinski definition) is 2. The van der Waals surface area contributed by atoms with Gasteiger partial charge in [-0.1, -0.05) is 18.2 Å². The van der Waals surface area contributed by atoms with E-state index < -0.39 is 40.0 Å². The number of methoxy groups -OCH3 is 1. The molecule has 0 aromatic heterocycles. The zero-order valence-electron chi connectivity index (χ0n) is 17.2. The van der Waals surface area contributed by atoms with Crippen molar-refractivity contribution in [3.05, 3.63) is 58.1 Å². The third-order valence-corrected chi connectivity index (χ3v) is 6.28. The minimum atomic E-state index is -4.21. The van der Waals surface area contributed by atoms with Crippen molar-refractivity contribution >= 4 is 39.3 Å². The first kappa shape index (κ1) is 25.1. The molecule has 13 heteroatoms. The molecule has 0 unspecified atom stereocenters. The summed E-state index contributed by atoms with van der Waals surface area (Å²) in [5, 5.41) is 13.7. The minimum absolute atomic E-state index is 0.151. The Hall–Kier alpha value is -3.16. The molecule has 2 aromatic carbocycles. The van der Waals surface area contributed by atoms with Gasteiger partial charge in [0.15, 0.2) is 6.61 Å². The van der Waals surface area contributed by atoms with Crippen LogP contribution < -0.4 is 14.8 Å². The Balaban J connectivity index is 1.86. The predicted molar refractivity (Wildman–Crippen MR) is 116 cm³/mol. The van der Waals surface area contributed by atoms with Crippen molar-refractivity contribution in [2.45, 2.75) is 16.3 Å². The number of nitro benzene ring substituents is 1. The Labute approximate surface area is 188 Å². The Kier molecular flexibility index (Phi) is 8.99. The molecule has 0 radical (unpaired) electrons. The summed E-state index contributed by atoms with van der Waals surface area (Å²) in [6.07, 6.45) is 1.62. The van der Waals surface area contributed by atoms with Gasteiger partial charge in [-0.3, -0.25) is 19.7 Å². The van der Waals surface area contributed by atoms with Crippen LogP contribution in [0.3, 0.4) is 0 Å². The largest absolute Gasteiger partial charge is 0.496 e. The third kappa shape index (κ3) is 6.93. The number of sulfonamides is 1. The van der Waals surface area contributed by atoms with Crippen LogP contribution in [0.1, 0.15) is 5.56 Å². The third-order valence-electron chi connectivity index (χ3n) is 4.10. The maximum atomic E-state index is 12.3. The molecule has 0 fully saturated rings. The number of para-hydroxylation sites is 1. The van der Waals surface area contributed by atoms with E-state index in [1.165, 1.54) is 19.2 Å². The highest BCUT2D eigenvalue weighted by atomic mass is 32.2. The number of carbonyl (C=O) groups excluding carboxylic acids is 2. The van der Waals surface area contributed by atoms with Crippen LogP contribution in [0.4, 0.5) is 5.69 Å². The van der Waals surface area contributed by atoms with Crippen molar-refractivity contribution in [2.24, 2.45) is 0 Å². The molecule has 0 spiro atoms. The van der Waals surface area contributed by atoms with Crippen LogP contribution in [0, 0.1) is 10.1 Å². The van der Waals surface area contributed by atoms with E-state index in [1.54, 1.807) is 30.5 Å². The SMILES string of the molecule is COc1ccccc1CNC(=O)COC(=O)CNS(=O)(=O)c1ccc(SC)c([N+](=O)[O-])c1. The Morgan fingerprint density at radius 2 is 1.91 bits per heavy atom. The van der Waals surface area contributed by atoms with Crippen LogP contribution in [-0.2, 0) is 30.9 Å². The van der Waals surface area contributed by atoms with E-state index in [2.05, 4.69) is 5.32 Å². The molecule has 0 aliphatic carbocycles. The summed E-state index contributed by atoms with van der Waals surface area (Å²) in [4.78, 5) is 34.0. The smallest absolute Gasteiger partial charge is 0.321 e. The van der Waals surface area contributed by atoms with E-state index in [1.807, 2.05) is 4.72 Å². The van der Waals surface area contributed by atoms with Gasteiger partial charge in [0.2, 0.25) is 10.0 Å². The molecule has 2 aromatic rings. The van der Waals surface area contributed by atoms with E-state index in [9.17, 15) is 28.1 Å². The predicted octanol–water partition coefficient (Wildman–Crippen LogP) is 1.46. The van der Waals surface area contributed by atoms with Gasteiger partial charge in [-0.05, 0) is 24.5 Å². The zero-order valence-corrected chi connectivity index (χ0v) is 18.8. The van der Waals surface area contributed by atoms with Crippen molar-refractivity contribution in [1.82, 2.24) is 10.0 Å². The maximum Gasteiger partial charge on any atom is 0.321 e. The lowest BCUT2D eigenvalue weighted by Gasteiger charge is -2.10. The van der Waals surface area contributed by atoms with Crippen LogP contribution in [0.25, 0.3) is 0 Å². The quantitative estimate of drug-likeness (QED) is 0.209. The van der Waals surface area contributed by atoms with Gasteiger partial charge in [-0.15, -0.1) is 11.8 Å². The first-order valence-corrected chi connectivity index (χ1v) is 11.7. The number of amides is 1. The molecule has 0 aliphatic heterocycles. The molecular weight excluding hydrogens is 462 g/mol. The molecule has 0 atom stereocenters. The molecule has 0 saturated carbocycles. The minimum Gasteiger partial charge on any atom is -0.496 e. The second kappa shape index (κ2) is 11.5. The summed E-state index contributed by atoms with van der Waals surface area (Å²) in [7, 11) is -2.71. The number of benzene rings is 2. The fourth-order valence-corrected chi connectivity index (χ4v) is 4.04. The highest BCUT2D eigenvalue weighted by Gasteiger charge is 2.22. The number of nitro groups is 1. The lowest BCUT2D eigenvalue weighted by molar-refractivity contribution is -0.388. The number of ether oxygens (including phenoxy) is 2. The number of hydrogen-bond acceptors (Lipinski definition) is 9. The van der Waals surface area contributed by atoms with Gasteiger partial charge in [0.1, 0.15) is 12.3 Å². The van der Waals surface area contributed by atoms with Crippen LogP contribution in [0.15, 0.2) is 52.3 Å². The molecule has 172 valence electrons. The van der Waals surface area contributed by atoms with Gasteiger partial charge in [0.05, 0.1) is 21.8 Å². The standard InChI is InChI=1S/C19H21N3O8S2/c1-29-16-6-4-3-5-13(16)10-20-18(23)12-30-19(24)11-21-32(27,28)14-7-8-17(31-2)15(9-14)22(25)26/h3-9,21H,10-12H2,1-2H3,(H,20,23). The highest BCUT2D eigenvalue weighted by Crippen LogP contribution is 2.29. The van der Waals surface area contributed by atoms with Gasteiger partial charge in [0, 0.05) is 18.2 Å². The summed E-state index contributed by atoms with van der Waals surface area (Å²) in [5.74, 6) is -0.989. The molecule has 2 N–H and O–H groups in total. The molecule has 0 aliphatic rings. The monoisotopic (exact) mass is 483 g/mol. The number of rotatable bonds is 11. The zero-order chi connectivity index (χ0) is 23.7. The van der Waals surface area contributed by atoms with Crippen LogP contribution >= 0.6 is 11.8 Å². The molecule has 11 nitrogen and oxygen atoms in total. The Morgan fingerprint density at radius 1 is 1.19 bits per heavy atom. The number of esters is 1. The van der Waals surface area contributed by atoms with Crippen LogP contribution in [0.5, 0.6) is 5.75 Å². The number of carbonyl (C=O) groups is 2. The molecule has 0 bridgehead atoms. The van der Waals surface area contributed by atoms with Crippen molar-refractivity contribution in [1.29, 1.82) is 0 Å². The number of nitrogens with one attached hydrogen (secondary N) is 2. The van der Waals surface area contributed by atoms with E-state index in [0.717, 1.165) is 23.4 Å². The highest BCUT2D eigenvalue weighted by molar-refractivity contribution is 7.98. The first-order valence-electron chi connectivity index (χ1n) is 9.04. The molecule has 0 heterocycles. The summed E-state index contributed by atoms with van der Waals surface area (Å²) in [5.41, 5.74) is 0.360. The second-order valence-corrected chi connectivity index (χ2v) is 8.78. The molecule has 0 saturated heterocycles. The molecular formula is C19H21N3O8S2. The van der Waals surface area contributed by atoms with Gasteiger partial charge in [-0.25, -0.2) is 8.42 Å². The van der Waals surface area contributed by atoms with Crippen molar-refractivity contribution < 1.29 is 32.4 Å². The maximum absolute atomic E-state index is 12.3. The summed E-state index contributed by atoms with van der Waals surface area (Å²) >= 11 is 1.10.